The second kappa shape index (κ2) is 11.6. The van der Waals surface area contributed by atoms with Gasteiger partial charge in [0, 0.05) is 38.5 Å². The molecule has 5 rings (SSSR count). The quantitative estimate of drug-likeness (QED) is 0.548. The number of carbonyl (C=O) groups excluding carboxylic acids is 1. The molecule has 11 heteroatoms. The minimum atomic E-state index is -0.958. The molecule has 1 spiro atoms. The average molecular weight is 547 g/mol. The van der Waals surface area contributed by atoms with Crippen molar-refractivity contribution in [2.45, 2.75) is 102 Å². The first-order valence-corrected chi connectivity index (χ1v) is 14.0. The molecule has 3 N–H and O–H groups in total. The summed E-state index contributed by atoms with van der Waals surface area (Å²) in [4.78, 5) is 25.8. The van der Waals surface area contributed by atoms with E-state index in [1.54, 1.807) is 13.8 Å². The van der Waals surface area contributed by atoms with E-state index in [-0.39, 0.29) is 24.0 Å². The first-order valence-electron chi connectivity index (χ1n) is 14.0. The molecule has 218 valence electrons. The molecule has 2 aromatic rings. The van der Waals surface area contributed by atoms with Crippen LogP contribution in [0.4, 0.5) is 10.6 Å². The Labute approximate surface area is 231 Å². The third-order valence-corrected chi connectivity index (χ3v) is 7.81. The van der Waals surface area contributed by atoms with Gasteiger partial charge in [0.15, 0.2) is 5.79 Å². The van der Waals surface area contributed by atoms with Crippen LogP contribution in [0.3, 0.4) is 0 Å². The molecule has 11 nitrogen and oxygen atoms in total. The number of piperidine rings is 1. The number of likely N-dealkylation sites (tertiary alicyclic amines) is 2. The zero-order valence-corrected chi connectivity index (χ0v) is 24.4. The van der Waals surface area contributed by atoms with Gasteiger partial charge in [0.05, 0.1) is 11.5 Å². The standard InChI is InChI=1S/C24H36N6O3.C4H10O2/c1-23(2,3)33-22(31)28-11-4-9-24(15-28)10-5-12-29(24)14-17-6-7-19(32-17)30-13-8-18-20(25)26-16-27-21(18)30;1-4(2,5)6-3/h8,13,16-17,19H,4-7,9-12,14-15H2,1-3H3,(H2,25,26,27);5H,1-3H3/t17-,19+,24?;/m0./s1. The number of carbonyl (C=O) groups is 1. The lowest BCUT2D eigenvalue weighted by molar-refractivity contribution is -0.155. The lowest BCUT2D eigenvalue weighted by atomic mass is 9.86. The van der Waals surface area contributed by atoms with Gasteiger partial charge in [-0.1, -0.05) is 0 Å². The van der Waals surface area contributed by atoms with E-state index in [9.17, 15) is 4.79 Å². The van der Waals surface area contributed by atoms with Crippen LogP contribution in [0.2, 0.25) is 0 Å². The van der Waals surface area contributed by atoms with Crippen LogP contribution in [0, 0.1) is 0 Å². The SMILES string of the molecule is CC(C)(C)OC(=O)N1CCCC2(CCCN2C[C@@H]2CC[C@H](n3ccc4c(N)ncnc43)O2)C1.COC(C)(C)O. The molecule has 3 atom stereocenters. The third-order valence-electron chi connectivity index (χ3n) is 7.81. The molecule has 0 bridgehead atoms. The normalized spacial score (nSPS) is 26.2. The number of nitrogen functional groups attached to an aromatic ring is 1. The predicted molar refractivity (Wildman–Crippen MR) is 149 cm³/mol. The Morgan fingerprint density at radius 1 is 1.18 bits per heavy atom. The van der Waals surface area contributed by atoms with Gasteiger partial charge in [-0.25, -0.2) is 14.8 Å². The molecule has 0 radical (unpaired) electrons. The Balaban J connectivity index is 0.000000531. The van der Waals surface area contributed by atoms with Gasteiger partial charge in [0.25, 0.3) is 0 Å². The van der Waals surface area contributed by atoms with Crippen molar-refractivity contribution in [2.24, 2.45) is 0 Å². The van der Waals surface area contributed by atoms with Crippen molar-refractivity contribution in [3.63, 3.8) is 0 Å². The maximum atomic E-state index is 12.7. The Hall–Kier alpha value is -2.47. The van der Waals surface area contributed by atoms with Crippen molar-refractivity contribution >= 4 is 22.9 Å². The first-order chi connectivity index (χ1) is 18.3. The monoisotopic (exact) mass is 546 g/mol. The highest BCUT2D eigenvalue weighted by Gasteiger charge is 2.46. The highest BCUT2D eigenvalue weighted by molar-refractivity contribution is 5.86. The highest BCUT2D eigenvalue weighted by atomic mass is 16.6. The van der Waals surface area contributed by atoms with Crippen LogP contribution in [0.25, 0.3) is 11.0 Å². The topological polar surface area (TPSA) is 128 Å². The lowest BCUT2D eigenvalue weighted by Gasteiger charge is -2.46. The van der Waals surface area contributed by atoms with E-state index in [1.807, 2.05) is 37.9 Å². The number of amides is 1. The highest BCUT2D eigenvalue weighted by Crippen LogP contribution is 2.40. The molecule has 5 heterocycles. The van der Waals surface area contributed by atoms with Crippen LogP contribution in [0.15, 0.2) is 18.6 Å². The van der Waals surface area contributed by atoms with Crippen molar-refractivity contribution in [3.05, 3.63) is 18.6 Å². The maximum Gasteiger partial charge on any atom is 0.410 e. The molecule has 1 amide bonds. The van der Waals surface area contributed by atoms with Gasteiger partial charge in [0.2, 0.25) is 0 Å². The Bertz CT molecular complexity index is 1130. The van der Waals surface area contributed by atoms with E-state index in [0.717, 1.165) is 75.7 Å². The number of aliphatic hydroxyl groups is 1. The number of hydrogen-bond acceptors (Lipinski definition) is 9. The van der Waals surface area contributed by atoms with E-state index in [4.69, 9.17) is 20.3 Å². The number of nitrogens with two attached hydrogens (primary N) is 1. The molecule has 3 fully saturated rings. The Morgan fingerprint density at radius 3 is 2.54 bits per heavy atom. The van der Waals surface area contributed by atoms with Crippen molar-refractivity contribution in [3.8, 4) is 0 Å². The average Bonchev–Trinajstić information content (AvgIpc) is 3.58. The summed E-state index contributed by atoms with van der Waals surface area (Å²) in [5.74, 6) is -0.459. The second-order valence-corrected chi connectivity index (χ2v) is 12.4. The van der Waals surface area contributed by atoms with Gasteiger partial charge in [-0.3, -0.25) is 4.90 Å². The maximum absolute atomic E-state index is 12.7. The lowest BCUT2D eigenvalue weighted by Crippen LogP contribution is -2.58. The Morgan fingerprint density at radius 2 is 1.87 bits per heavy atom. The zero-order valence-electron chi connectivity index (χ0n) is 24.4. The van der Waals surface area contributed by atoms with Gasteiger partial charge in [-0.15, -0.1) is 0 Å². The summed E-state index contributed by atoms with van der Waals surface area (Å²) < 4.78 is 18.7. The molecule has 1 unspecified atom stereocenters. The molecule has 3 aliphatic heterocycles. The smallest absolute Gasteiger partial charge is 0.410 e. The summed E-state index contributed by atoms with van der Waals surface area (Å²) in [5.41, 5.74) is 6.40. The largest absolute Gasteiger partial charge is 0.444 e. The van der Waals surface area contributed by atoms with Crippen molar-refractivity contribution < 1.29 is 24.1 Å². The predicted octanol–water partition coefficient (Wildman–Crippen LogP) is 3.92. The summed E-state index contributed by atoms with van der Waals surface area (Å²) in [5, 5.41) is 9.47. The molecule has 0 saturated carbocycles. The fourth-order valence-corrected chi connectivity index (χ4v) is 5.83. The minimum absolute atomic E-state index is 0.0371. The number of ether oxygens (including phenoxy) is 3. The number of anilines is 1. The molecule has 2 aromatic heterocycles. The van der Waals surface area contributed by atoms with Crippen LogP contribution < -0.4 is 5.73 Å². The third kappa shape index (κ3) is 7.19. The van der Waals surface area contributed by atoms with E-state index < -0.39 is 11.4 Å². The van der Waals surface area contributed by atoms with Gasteiger partial charge in [0.1, 0.15) is 29.6 Å². The molecule has 3 saturated heterocycles. The number of rotatable bonds is 4. The number of hydrogen-bond donors (Lipinski definition) is 2. The van der Waals surface area contributed by atoms with Gasteiger partial charge in [-0.05, 0) is 85.8 Å². The van der Waals surface area contributed by atoms with Gasteiger partial charge < -0.3 is 34.5 Å². The van der Waals surface area contributed by atoms with E-state index in [1.165, 1.54) is 13.4 Å². The summed E-state index contributed by atoms with van der Waals surface area (Å²) in [6.07, 6.45) is 9.83. The summed E-state index contributed by atoms with van der Waals surface area (Å²) in [7, 11) is 1.46. The molecular weight excluding hydrogens is 500 g/mol. The van der Waals surface area contributed by atoms with Crippen molar-refractivity contribution in [1.82, 2.24) is 24.3 Å². The van der Waals surface area contributed by atoms with Crippen molar-refractivity contribution in [2.75, 3.05) is 39.0 Å². The fourth-order valence-electron chi connectivity index (χ4n) is 5.83. The molecule has 3 aliphatic rings. The summed E-state index contributed by atoms with van der Waals surface area (Å²) >= 11 is 0. The molecule has 39 heavy (non-hydrogen) atoms. The van der Waals surface area contributed by atoms with Crippen LogP contribution in [-0.2, 0) is 14.2 Å². The number of aromatic nitrogens is 3. The molecule has 0 aromatic carbocycles. The van der Waals surface area contributed by atoms with Crippen molar-refractivity contribution in [1.29, 1.82) is 0 Å². The van der Waals surface area contributed by atoms with Crippen LogP contribution in [0.5, 0.6) is 0 Å². The van der Waals surface area contributed by atoms with Crippen LogP contribution >= 0.6 is 0 Å². The summed E-state index contributed by atoms with van der Waals surface area (Å²) in [6.45, 7) is 12.4. The Kier molecular flexibility index (Phi) is 8.75. The van der Waals surface area contributed by atoms with Gasteiger partial charge in [-0.2, -0.15) is 0 Å². The van der Waals surface area contributed by atoms with E-state index in [0.29, 0.717) is 5.82 Å². The number of fused-ring (bicyclic) bond motifs is 1. The zero-order chi connectivity index (χ0) is 28.4. The van der Waals surface area contributed by atoms with E-state index >= 15 is 0 Å². The minimum Gasteiger partial charge on any atom is -0.444 e. The van der Waals surface area contributed by atoms with Crippen LogP contribution in [0.1, 0.15) is 79.4 Å². The first kappa shape index (κ1) is 29.5. The molecule has 0 aliphatic carbocycles. The summed E-state index contributed by atoms with van der Waals surface area (Å²) in [6, 6.07) is 1.96. The fraction of sp³-hybridized carbons (Fsp3) is 0.750. The number of nitrogens with zero attached hydrogens (tertiary/aromatic N) is 5. The number of methoxy groups -OCH3 is 1. The molecular formula is C28H46N6O5. The van der Waals surface area contributed by atoms with E-state index in [2.05, 4.69) is 24.2 Å². The van der Waals surface area contributed by atoms with Crippen LogP contribution in [-0.4, -0.2) is 91.9 Å². The van der Waals surface area contributed by atoms with Gasteiger partial charge >= 0.3 is 6.09 Å². The second-order valence-electron chi connectivity index (χ2n) is 12.4.